The predicted octanol–water partition coefficient (Wildman–Crippen LogP) is 7.10. The number of aliphatic hydroxyl groups excluding tert-OH is 1. The number of para-hydroxylation sites is 1. The number of methoxy groups -OCH3 is 1. The first-order valence-corrected chi connectivity index (χ1v) is 22.8. The van der Waals surface area contributed by atoms with E-state index in [2.05, 4.69) is 38.2 Å². The first-order valence-electron chi connectivity index (χ1n) is 19.3. The Kier molecular flexibility index (Phi) is 9.90. The minimum atomic E-state index is -2.48. The highest BCUT2D eigenvalue weighted by molar-refractivity contribution is 6.91. The van der Waals surface area contributed by atoms with E-state index < -0.39 is 19.8 Å². The lowest BCUT2D eigenvalue weighted by atomic mass is 9.82. The molecule has 1 spiro atoms. The number of hydrogen-bond donors (Lipinski definition) is 1. The van der Waals surface area contributed by atoms with Crippen molar-refractivity contribution in [2.45, 2.75) is 82.0 Å². The third kappa shape index (κ3) is 6.27. The van der Waals surface area contributed by atoms with Crippen LogP contribution in [-0.2, 0) is 37.7 Å². The summed E-state index contributed by atoms with van der Waals surface area (Å²) >= 11 is 6.71. The molecule has 4 aromatic carbocycles. The van der Waals surface area contributed by atoms with Crippen LogP contribution in [0.25, 0.3) is 0 Å². The van der Waals surface area contributed by atoms with E-state index in [0.29, 0.717) is 18.0 Å². The van der Waals surface area contributed by atoms with Crippen LogP contribution < -0.4 is 19.7 Å². The number of aryl methyl sites for hydroxylation is 1. The standard InChI is InChI=1S/C44H48ClN3O6Si/c1-28-42(55(3,4)35-19-17-34(53-2)18-20-35)39(25-41(51)46-23-7-9-33(46)27-49)54-44(28)36-24-31(45)14-21-38(36)47(43(44)52)26-29-11-15-32(16-12-29)48-37-10-6-5-8-30(37)13-22-40(48)50/h5-6,8,10-12,14-21,24,28,33,39,42,49H,7,9,13,22-23,25-27H2,1-4H3/t28-,33+,39+,42-,44+/m1/s1. The molecule has 11 heteroatoms. The van der Waals surface area contributed by atoms with Gasteiger partial charge < -0.3 is 24.4 Å². The largest absolute Gasteiger partial charge is 0.497 e. The van der Waals surface area contributed by atoms with Crippen molar-refractivity contribution >= 4 is 59.6 Å². The van der Waals surface area contributed by atoms with Crippen molar-refractivity contribution in [3.63, 3.8) is 0 Å². The molecule has 9 nitrogen and oxygen atoms in total. The number of likely N-dealkylation sites (tertiary alicyclic amines) is 1. The van der Waals surface area contributed by atoms with E-state index in [0.717, 1.165) is 58.8 Å². The summed E-state index contributed by atoms with van der Waals surface area (Å²) in [7, 11) is -0.835. The Morgan fingerprint density at radius 3 is 2.45 bits per heavy atom. The molecule has 55 heavy (non-hydrogen) atoms. The van der Waals surface area contributed by atoms with Crippen molar-refractivity contribution < 1.29 is 29.0 Å². The number of nitrogens with zero attached hydrogens (tertiary/aromatic N) is 3. The van der Waals surface area contributed by atoms with Gasteiger partial charge in [0.25, 0.3) is 5.91 Å². The number of carbonyl (C=O) groups excluding carboxylic acids is 3. The summed E-state index contributed by atoms with van der Waals surface area (Å²) in [6.07, 6.45) is 2.36. The zero-order chi connectivity index (χ0) is 38.6. The highest BCUT2D eigenvalue weighted by Gasteiger charge is 2.66. The molecule has 286 valence electrons. The van der Waals surface area contributed by atoms with Gasteiger partial charge in [0.05, 0.1) is 58.3 Å². The molecule has 2 fully saturated rings. The van der Waals surface area contributed by atoms with Gasteiger partial charge in [-0.05, 0) is 84.5 Å². The van der Waals surface area contributed by atoms with Crippen molar-refractivity contribution in [2.75, 3.05) is 30.1 Å². The van der Waals surface area contributed by atoms with Crippen molar-refractivity contribution in [1.29, 1.82) is 0 Å². The molecule has 4 heterocycles. The second kappa shape index (κ2) is 14.5. The van der Waals surface area contributed by atoms with Crippen molar-refractivity contribution in [1.82, 2.24) is 4.90 Å². The van der Waals surface area contributed by atoms with E-state index in [1.165, 1.54) is 5.19 Å². The lowest BCUT2D eigenvalue weighted by molar-refractivity contribution is -0.150. The molecule has 3 amide bonds. The van der Waals surface area contributed by atoms with Crippen LogP contribution in [0.15, 0.2) is 91.0 Å². The average Bonchev–Trinajstić information content (AvgIpc) is 3.85. The summed E-state index contributed by atoms with van der Waals surface area (Å²) in [5.41, 5.74) is 3.70. The van der Waals surface area contributed by atoms with Crippen LogP contribution in [0.2, 0.25) is 23.7 Å². The number of carbonyl (C=O) groups is 3. The minimum absolute atomic E-state index is 0.0566. The number of rotatable bonds is 9. The summed E-state index contributed by atoms with van der Waals surface area (Å²) in [4.78, 5) is 47.8. The van der Waals surface area contributed by atoms with Crippen LogP contribution in [0.3, 0.4) is 0 Å². The monoisotopic (exact) mass is 777 g/mol. The third-order valence-electron chi connectivity index (χ3n) is 12.7. The number of aliphatic hydroxyl groups is 1. The molecule has 4 aromatic rings. The number of fused-ring (bicyclic) bond motifs is 3. The van der Waals surface area contributed by atoms with E-state index in [4.69, 9.17) is 21.1 Å². The molecule has 4 aliphatic rings. The van der Waals surface area contributed by atoms with Gasteiger partial charge in [-0.3, -0.25) is 19.3 Å². The average molecular weight is 778 g/mol. The number of amides is 3. The Labute approximate surface area is 328 Å². The molecule has 0 aliphatic carbocycles. The lowest BCUT2D eigenvalue weighted by Gasteiger charge is -2.37. The molecule has 0 aromatic heterocycles. The Hall–Kier alpha value is -4.48. The normalized spacial score (nSPS) is 24.8. The molecule has 5 atom stereocenters. The van der Waals surface area contributed by atoms with E-state index in [9.17, 15) is 14.7 Å². The summed E-state index contributed by atoms with van der Waals surface area (Å²) in [5, 5.41) is 11.8. The van der Waals surface area contributed by atoms with Crippen LogP contribution in [0, 0.1) is 5.92 Å². The maximum absolute atomic E-state index is 15.3. The molecular formula is C44H48ClN3O6Si. The maximum atomic E-state index is 15.3. The van der Waals surface area contributed by atoms with Crippen LogP contribution in [0.5, 0.6) is 5.75 Å². The molecule has 4 aliphatic heterocycles. The van der Waals surface area contributed by atoms with Crippen LogP contribution >= 0.6 is 11.6 Å². The van der Waals surface area contributed by atoms with Crippen LogP contribution in [-0.4, -0.2) is 68.2 Å². The van der Waals surface area contributed by atoms with Gasteiger partial charge in [0, 0.05) is 35.2 Å². The van der Waals surface area contributed by atoms with Crippen LogP contribution in [0.1, 0.15) is 49.3 Å². The molecular weight excluding hydrogens is 730 g/mol. The molecule has 0 radical (unpaired) electrons. The minimum Gasteiger partial charge on any atom is -0.497 e. The first kappa shape index (κ1) is 37.4. The summed E-state index contributed by atoms with van der Waals surface area (Å²) in [5.74, 6) is 0.293. The highest BCUT2D eigenvalue weighted by Crippen LogP contribution is 2.60. The van der Waals surface area contributed by atoms with Gasteiger partial charge in [-0.15, -0.1) is 0 Å². The van der Waals surface area contributed by atoms with Crippen molar-refractivity contribution in [2.24, 2.45) is 5.92 Å². The van der Waals surface area contributed by atoms with Crippen molar-refractivity contribution in [3.05, 3.63) is 113 Å². The molecule has 2 saturated heterocycles. The van der Waals surface area contributed by atoms with Gasteiger partial charge in [0.15, 0.2) is 5.60 Å². The lowest BCUT2D eigenvalue weighted by Crippen LogP contribution is -2.52. The second-order valence-electron chi connectivity index (χ2n) is 16.0. The third-order valence-corrected chi connectivity index (χ3v) is 17.3. The smallest absolute Gasteiger partial charge is 0.264 e. The van der Waals surface area contributed by atoms with E-state index >= 15 is 4.79 Å². The summed E-state index contributed by atoms with van der Waals surface area (Å²) in [6, 6.07) is 29.4. The van der Waals surface area contributed by atoms with Gasteiger partial charge in [-0.1, -0.05) is 79.3 Å². The predicted molar refractivity (Wildman–Crippen MR) is 217 cm³/mol. The van der Waals surface area contributed by atoms with Gasteiger partial charge in [-0.25, -0.2) is 0 Å². The number of benzene rings is 4. The highest BCUT2D eigenvalue weighted by atomic mass is 35.5. The van der Waals surface area contributed by atoms with E-state index in [1.807, 2.05) is 66.7 Å². The zero-order valence-electron chi connectivity index (χ0n) is 31.8. The van der Waals surface area contributed by atoms with Gasteiger partial charge in [0.2, 0.25) is 11.8 Å². The quantitative estimate of drug-likeness (QED) is 0.182. The molecule has 0 saturated carbocycles. The van der Waals surface area contributed by atoms with Crippen LogP contribution in [0.4, 0.5) is 17.1 Å². The molecule has 0 bridgehead atoms. The SMILES string of the molecule is COc1ccc([Si](C)(C)[C@H]2[C@H](CC(=O)N3CCC[C@H]3CO)O[C@@]3(C(=O)N(Cc4ccc(N5C(=O)CCc6ccccc65)cc4)c4ccc(Cl)cc43)[C@@H]2C)cc1. The molecule has 0 unspecified atom stereocenters. The van der Waals surface area contributed by atoms with Gasteiger partial charge >= 0.3 is 0 Å². The number of anilines is 3. The van der Waals surface area contributed by atoms with Gasteiger partial charge in [0.1, 0.15) is 5.75 Å². The summed E-state index contributed by atoms with van der Waals surface area (Å²) < 4.78 is 12.7. The number of ether oxygens (including phenoxy) is 2. The number of halogens is 1. The zero-order valence-corrected chi connectivity index (χ0v) is 33.6. The fraction of sp³-hybridized carbons (Fsp3) is 0.386. The Morgan fingerprint density at radius 2 is 1.73 bits per heavy atom. The molecule has 8 rings (SSSR count). The maximum Gasteiger partial charge on any atom is 0.264 e. The fourth-order valence-electron chi connectivity index (χ4n) is 9.93. The number of hydrogen-bond acceptors (Lipinski definition) is 6. The first-order chi connectivity index (χ1) is 26.5. The fourth-order valence-corrected chi connectivity index (χ4v) is 14.1. The molecule has 1 N–H and O–H groups in total. The Morgan fingerprint density at radius 1 is 0.982 bits per heavy atom. The van der Waals surface area contributed by atoms with E-state index in [-0.39, 0.29) is 54.8 Å². The Balaban J connectivity index is 1.15. The van der Waals surface area contributed by atoms with Crippen molar-refractivity contribution in [3.8, 4) is 5.75 Å². The van der Waals surface area contributed by atoms with E-state index in [1.54, 1.807) is 27.9 Å². The second-order valence-corrected chi connectivity index (χ2v) is 21.1. The summed E-state index contributed by atoms with van der Waals surface area (Å²) in [6.45, 7) is 7.51. The van der Waals surface area contributed by atoms with Gasteiger partial charge in [-0.2, -0.15) is 0 Å². The Bertz CT molecular complexity index is 2130. The topological polar surface area (TPSA) is 99.6 Å².